The molecule has 0 saturated heterocycles. The molecule has 1 aromatic carbocycles. The molecule has 0 fully saturated rings. The number of carboxylic acid groups (broad SMARTS) is 1. The maximum absolute atomic E-state index is 13.0. The van der Waals surface area contributed by atoms with Crippen LogP contribution in [0.2, 0.25) is 0 Å². The smallest absolute Gasteiger partial charge is 0.312 e. The van der Waals surface area contributed by atoms with Crippen molar-refractivity contribution in [1.82, 2.24) is 0 Å². The highest BCUT2D eigenvalue weighted by molar-refractivity contribution is 5.78. The first kappa shape index (κ1) is 10.1. The number of carbonyl (C=O) groups is 1. The minimum atomic E-state index is -0.978. The van der Waals surface area contributed by atoms with E-state index in [-0.39, 0.29) is 0 Å². The van der Waals surface area contributed by atoms with E-state index in [9.17, 15) is 9.18 Å². The number of benzene rings is 1. The molecule has 0 aliphatic heterocycles. The lowest BCUT2D eigenvalue weighted by Crippen LogP contribution is -2.37. The summed E-state index contributed by atoms with van der Waals surface area (Å²) in [6.45, 7) is 0. The molecule has 1 aromatic rings. The van der Waals surface area contributed by atoms with Crippen LogP contribution in [0.5, 0.6) is 0 Å². The standard InChI is InChI=1S/C11H12FNO2/c12-7-3-1-6-2-4-9(13)10(11(14)15)8(6)5-7/h1,3,5,9-10H,2,4,13H2,(H,14,15). The quantitative estimate of drug-likeness (QED) is 0.732. The Labute approximate surface area is 86.7 Å². The van der Waals surface area contributed by atoms with Crippen molar-refractivity contribution in [2.45, 2.75) is 24.8 Å². The van der Waals surface area contributed by atoms with Crippen molar-refractivity contribution in [3.8, 4) is 0 Å². The fourth-order valence-corrected chi connectivity index (χ4v) is 2.12. The van der Waals surface area contributed by atoms with Crippen molar-refractivity contribution in [3.63, 3.8) is 0 Å². The third-order valence-electron chi connectivity index (χ3n) is 2.88. The van der Waals surface area contributed by atoms with Gasteiger partial charge in [-0.05, 0) is 36.1 Å². The summed E-state index contributed by atoms with van der Waals surface area (Å²) in [6, 6.07) is 3.87. The summed E-state index contributed by atoms with van der Waals surface area (Å²) >= 11 is 0. The second kappa shape index (κ2) is 3.62. The van der Waals surface area contributed by atoms with Gasteiger partial charge in [0.15, 0.2) is 0 Å². The number of carboxylic acids is 1. The number of aryl methyl sites for hydroxylation is 1. The largest absolute Gasteiger partial charge is 0.481 e. The number of hydrogen-bond acceptors (Lipinski definition) is 2. The molecule has 3 N–H and O–H groups in total. The van der Waals surface area contributed by atoms with Crippen LogP contribution >= 0.6 is 0 Å². The van der Waals surface area contributed by atoms with E-state index in [1.54, 1.807) is 6.07 Å². The molecule has 0 bridgehead atoms. The zero-order valence-electron chi connectivity index (χ0n) is 8.11. The van der Waals surface area contributed by atoms with Gasteiger partial charge in [-0.1, -0.05) is 6.07 Å². The summed E-state index contributed by atoms with van der Waals surface area (Å²) in [6.07, 6.45) is 1.36. The average Bonchev–Trinajstić information content (AvgIpc) is 2.16. The van der Waals surface area contributed by atoms with E-state index in [2.05, 4.69) is 0 Å². The monoisotopic (exact) mass is 209 g/mol. The number of aliphatic carboxylic acids is 1. The summed E-state index contributed by atoms with van der Waals surface area (Å²) < 4.78 is 13.0. The van der Waals surface area contributed by atoms with Crippen LogP contribution in [0, 0.1) is 5.82 Å². The van der Waals surface area contributed by atoms with Gasteiger partial charge in [0, 0.05) is 6.04 Å². The molecular formula is C11H12FNO2. The second-order valence-corrected chi connectivity index (χ2v) is 3.86. The SMILES string of the molecule is NC1CCc2ccc(F)cc2C1C(=O)O. The van der Waals surface area contributed by atoms with Gasteiger partial charge in [0.25, 0.3) is 0 Å². The van der Waals surface area contributed by atoms with Crippen LogP contribution < -0.4 is 5.73 Å². The maximum Gasteiger partial charge on any atom is 0.312 e. The first-order chi connectivity index (χ1) is 7.09. The number of fused-ring (bicyclic) bond motifs is 1. The highest BCUT2D eigenvalue weighted by atomic mass is 19.1. The Kier molecular flexibility index (Phi) is 2.44. The molecule has 1 aliphatic rings. The van der Waals surface area contributed by atoms with Crippen LogP contribution in [0.3, 0.4) is 0 Å². The molecule has 3 nitrogen and oxygen atoms in total. The van der Waals surface area contributed by atoms with E-state index in [1.165, 1.54) is 12.1 Å². The molecule has 2 atom stereocenters. The molecule has 2 rings (SSSR count). The molecule has 0 aromatic heterocycles. The molecule has 1 aliphatic carbocycles. The van der Waals surface area contributed by atoms with E-state index in [1.807, 2.05) is 0 Å². The van der Waals surface area contributed by atoms with Crippen LogP contribution in [0.1, 0.15) is 23.5 Å². The molecule has 15 heavy (non-hydrogen) atoms. The molecular weight excluding hydrogens is 197 g/mol. The Balaban J connectivity index is 2.50. The van der Waals surface area contributed by atoms with Gasteiger partial charge in [0.2, 0.25) is 0 Å². The van der Waals surface area contributed by atoms with Crippen molar-refractivity contribution in [2.24, 2.45) is 5.73 Å². The van der Waals surface area contributed by atoms with E-state index in [4.69, 9.17) is 10.8 Å². The maximum atomic E-state index is 13.0. The number of nitrogens with two attached hydrogens (primary N) is 1. The Morgan fingerprint density at radius 1 is 1.53 bits per heavy atom. The third-order valence-corrected chi connectivity index (χ3v) is 2.88. The van der Waals surface area contributed by atoms with E-state index < -0.39 is 23.7 Å². The minimum absolute atomic E-state index is 0.408. The molecule has 0 spiro atoms. The lowest BCUT2D eigenvalue weighted by molar-refractivity contribution is -0.139. The Bertz CT molecular complexity index is 406. The lowest BCUT2D eigenvalue weighted by atomic mass is 9.79. The topological polar surface area (TPSA) is 63.3 Å². The lowest BCUT2D eigenvalue weighted by Gasteiger charge is -2.28. The van der Waals surface area contributed by atoms with E-state index in [0.29, 0.717) is 12.0 Å². The van der Waals surface area contributed by atoms with Crippen molar-refractivity contribution in [3.05, 3.63) is 35.1 Å². The molecule has 0 heterocycles. The molecule has 0 amide bonds. The molecule has 2 unspecified atom stereocenters. The summed E-state index contributed by atoms with van der Waals surface area (Å²) in [4.78, 5) is 11.0. The van der Waals surface area contributed by atoms with Crippen molar-refractivity contribution < 1.29 is 14.3 Å². The van der Waals surface area contributed by atoms with Gasteiger partial charge in [0.05, 0.1) is 5.92 Å². The minimum Gasteiger partial charge on any atom is -0.481 e. The average molecular weight is 209 g/mol. The van der Waals surface area contributed by atoms with E-state index in [0.717, 1.165) is 12.0 Å². The van der Waals surface area contributed by atoms with Crippen molar-refractivity contribution in [1.29, 1.82) is 0 Å². The number of halogens is 1. The van der Waals surface area contributed by atoms with Gasteiger partial charge in [-0.3, -0.25) is 4.79 Å². The van der Waals surface area contributed by atoms with Crippen molar-refractivity contribution in [2.75, 3.05) is 0 Å². The first-order valence-electron chi connectivity index (χ1n) is 4.86. The van der Waals surface area contributed by atoms with Crippen LogP contribution in [-0.2, 0) is 11.2 Å². The van der Waals surface area contributed by atoms with Crippen LogP contribution in [-0.4, -0.2) is 17.1 Å². The Morgan fingerprint density at radius 2 is 2.27 bits per heavy atom. The highest BCUT2D eigenvalue weighted by Gasteiger charge is 2.32. The number of rotatable bonds is 1. The predicted octanol–water partition coefficient (Wildman–Crippen LogP) is 1.27. The molecule has 4 heteroatoms. The zero-order chi connectivity index (χ0) is 11.0. The zero-order valence-corrected chi connectivity index (χ0v) is 8.11. The first-order valence-corrected chi connectivity index (χ1v) is 4.86. The molecule has 0 radical (unpaired) electrons. The summed E-state index contributed by atoms with van der Waals surface area (Å²) in [5.74, 6) is -2.16. The Morgan fingerprint density at radius 3 is 2.93 bits per heavy atom. The second-order valence-electron chi connectivity index (χ2n) is 3.86. The normalized spacial score (nSPS) is 24.7. The van der Waals surface area contributed by atoms with Gasteiger partial charge in [-0.25, -0.2) is 4.39 Å². The number of hydrogen-bond donors (Lipinski definition) is 2. The van der Waals surface area contributed by atoms with Gasteiger partial charge < -0.3 is 10.8 Å². The molecule has 80 valence electrons. The van der Waals surface area contributed by atoms with Crippen LogP contribution in [0.25, 0.3) is 0 Å². The van der Waals surface area contributed by atoms with Crippen molar-refractivity contribution >= 4 is 5.97 Å². The van der Waals surface area contributed by atoms with Gasteiger partial charge in [-0.2, -0.15) is 0 Å². The van der Waals surface area contributed by atoms with Gasteiger partial charge in [0.1, 0.15) is 5.82 Å². The highest BCUT2D eigenvalue weighted by Crippen LogP contribution is 2.31. The summed E-state index contributed by atoms with van der Waals surface area (Å²) in [5, 5.41) is 9.04. The summed E-state index contributed by atoms with van der Waals surface area (Å²) in [7, 11) is 0. The van der Waals surface area contributed by atoms with Gasteiger partial charge >= 0.3 is 5.97 Å². The summed E-state index contributed by atoms with van der Waals surface area (Å²) in [5.41, 5.74) is 7.16. The van der Waals surface area contributed by atoms with E-state index >= 15 is 0 Å². The third kappa shape index (κ3) is 1.72. The molecule has 0 saturated carbocycles. The predicted molar refractivity (Wildman–Crippen MR) is 53.1 cm³/mol. The van der Waals surface area contributed by atoms with Gasteiger partial charge in [-0.15, -0.1) is 0 Å². The Hall–Kier alpha value is -1.42. The van der Waals surface area contributed by atoms with Crippen LogP contribution in [0.15, 0.2) is 18.2 Å². The van der Waals surface area contributed by atoms with Crippen LogP contribution in [0.4, 0.5) is 4.39 Å². The fourth-order valence-electron chi connectivity index (χ4n) is 2.12. The fraction of sp³-hybridized carbons (Fsp3) is 0.364.